The molecule has 4 aromatic rings. The Morgan fingerprint density at radius 2 is 1.79 bits per heavy atom. The molecule has 34 heavy (non-hydrogen) atoms. The topological polar surface area (TPSA) is 98.9 Å². The van der Waals surface area contributed by atoms with Crippen LogP contribution < -0.4 is 16.6 Å². The highest BCUT2D eigenvalue weighted by Crippen LogP contribution is 2.27. The first-order valence-electron chi connectivity index (χ1n) is 10.1. The molecule has 0 saturated heterocycles. The molecule has 11 heteroatoms. The van der Waals surface area contributed by atoms with E-state index in [2.05, 4.69) is 15.3 Å². The monoisotopic (exact) mass is 499 g/mol. The summed E-state index contributed by atoms with van der Waals surface area (Å²) in [6, 6.07) is 10.7. The molecule has 2 aromatic carbocycles. The van der Waals surface area contributed by atoms with Crippen LogP contribution in [-0.4, -0.2) is 30.8 Å². The predicted octanol–water partition coefficient (Wildman–Crippen LogP) is 3.53. The van der Waals surface area contributed by atoms with Crippen LogP contribution >= 0.6 is 23.4 Å². The number of fused-ring (bicyclic) bond motifs is 1. The third kappa shape index (κ3) is 4.59. The maximum absolute atomic E-state index is 13.4. The fraction of sp³-hybridized carbons (Fsp3) is 0.174. The molecule has 0 aliphatic heterocycles. The zero-order chi connectivity index (χ0) is 24.6. The molecule has 0 bridgehead atoms. The smallest absolute Gasteiger partial charge is 0.325 e. The Hall–Kier alpha value is -3.50. The number of amides is 1. The summed E-state index contributed by atoms with van der Waals surface area (Å²) >= 11 is 7.15. The Balaban J connectivity index is 1.74. The van der Waals surface area contributed by atoms with Gasteiger partial charge in [0.25, 0.3) is 5.56 Å². The fourth-order valence-electron chi connectivity index (χ4n) is 3.26. The lowest BCUT2D eigenvalue weighted by atomic mass is 10.2. The summed E-state index contributed by atoms with van der Waals surface area (Å²) in [6.07, 6.45) is 0. The largest absolute Gasteiger partial charge is 0.332 e. The minimum atomic E-state index is -0.572. The van der Waals surface area contributed by atoms with Gasteiger partial charge in [-0.25, -0.2) is 19.2 Å². The van der Waals surface area contributed by atoms with Crippen molar-refractivity contribution in [1.82, 2.24) is 19.1 Å². The van der Waals surface area contributed by atoms with Crippen molar-refractivity contribution < 1.29 is 9.18 Å². The number of aryl methyl sites for hydroxylation is 2. The van der Waals surface area contributed by atoms with Gasteiger partial charge in [0, 0.05) is 30.4 Å². The summed E-state index contributed by atoms with van der Waals surface area (Å²) in [5.74, 6) is -0.620. The van der Waals surface area contributed by atoms with Gasteiger partial charge in [0.2, 0.25) is 5.91 Å². The van der Waals surface area contributed by atoms with E-state index in [1.54, 1.807) is 18.2 Å². The fourth-order valence-corrected chi connectivity index (χ4v) is 4.26. The van der Waals surface area contributed by atoms with Crippen LogP contribution in [0.4, 0.5) is 10.1 Å². The lowest BCUT2D eigenvalue weighted by Crippen LogP contribution is -2.37. The van der Waals surface area contributed by atoms with E-state index in [0.29, 0.717) is 16.3 Å². The van der Waals surface area contributed by atoms with Crippen molar-refractivity contribution in [1.29, 1.82) is 0 Å². The van der Waals surface area contributed by atoms with Gasteiger partial charge >= 0.3 is 5.69 Å². The van der Waals surface area contributed by atoms with Crippen molar-refractivity contribution in [3.8, 4) is 11.4 Å². The second-order valence-electron chi connectivity index (χ2n) is 7.56. The number of rotatable bonds is 5. The summed E-state index contributed by atoms with van der Waals surface area (Å²) in [5.41, 5.74) is 0.922. The molecule has 1 amide bonds. The minimum Gasteiger partial charge on any atom is -0.325 e. The number of hydrogen-bond acceptors (Lipinski definition) is 6. The van der Waals surface area contributed by atoms with Gasteiger partial charge in [-0.2, -0.15) is 0 Å². The van der Waals surface area contributed by atoms with E-state index in [1.807, 2.05) is 6.92 Å². The van der Waals surface area contributed by atoms with Gasteiger partial charge < -0.3 is 5.32 Å². The molecule has 0 aliphatic carbocycles. The molecule has 4 rings (SSSR count). The third-order valence-corrected chi connectivity index (χ3v) is 6.55. The van der Waals surface area contributed by atoms with Gasteiger partial charge in [-0.3, -0.25) is 18.7 Å². The molecule has 0 saturated carbocycles. The first-order chi connectivity index (χ1) is 16.2. The summed E-state index contributed by atoms with van der Waals surface area (Å²) in [6.45, 7) is 1.86. The molecule has 0 radical (unpaired) electrons. The van der Waals surface area contributed by atoms with Crippen LogP contribution in [0, 0.1) is 12.7 Å². The number of benzene rings is 2. The molecule has 174 valence electrons. The van der Waals surface area contributed by atoms with Gasteiger partial charge in [-0.05, 0) is 48.9 Å². The number of nitrogens with one attached hydrogen (secondary N) is 1. The molecular weight excluding hydrogens is 481 g/mol. The first kappa shape index (κ1) is 23.7. The zero-order valence-electron chi connectivity index (χ0n) is 18.4. The van der Waals surface area contributed by atoms with E-state index in [-0.39, 0.29) is 33.5 Å². The van der Waals surface area contributed by atoms with Crippen molar-refractivity contribution in [2.75, 3.05) is 11.1 Å². The number of halogens is 2. The number of thioether (sulfide) groups is 1. The maximum Gasteiger partial charge on any atom is 0.332 e. The van der Waals surface area contributed by atoms with E-state index < -0.39 is 17.1 Å². The van der Waals surface area contributed by atoms with Gasteiger partial charge in [-0.1, -0.05) is 29.4 Å². The van der Waals surface area contributed by atoms with Crippen LogP contribution in [0.1, 0.15) is 5.56 Å². The molecular formula is C23H19ClFN5O3S. The molecule has 2 heterocycles. The summed E-state index contributed by atoms with van der Waals surface area (Å²) in [4.78, 5) is 46.8. The van der Waals surface area contributed by atoms with E-state index in [0.717, 1.165) is 21.9 Å². The average molecular weight is 500 g/mol. The first-order valence-corrected chi connectivity index (χ1v) is 11.4. The van der Waals surface area contributed by atoms with Crippen LogP contribution in [0.15, 0.2) is 57.1 Å². The molecule has 0 spiro atoms. The molecule has 1 N–H and O–H groups in total. The number of hydrogen-bond donors (Lipinski definition) is 1. The lowest BCUT2D eigenvalue weighted by Gasteiger charge is -2.12. The van der Waals surface area contributed by atoms with Crippen LogP contribution in [0.25, 0.3) is 22.4 Å². The number of anilines is 1. The number of aromatic nitrogens is 4. The van der Waals surface area contributed by atoms with Crippen LogP contribution in [-0.2, 0) is 18.9 Å². The van der Waals surface area contributed by atoms with Crippen molar-refractivity contribution >= 4 is 46.0 Å². The highest BCUT2D eigenvalue weighted by atomic mass is 35.5. The molecule has 0 atom stereocenters. The summed E-state index contributed by atoms with van der Waals surface area (Å²) < 4.78 is 15.6. The van der Waals surface area contributed by atoms with Crippen LogP contribution in [0.2, 0.25) is 5.02 Å². The van der Waals surface area contributed by atoms with Crippen molar-refractivity contribution in [2.45, 2.75) is 11.9 Å². The standard InChI is InChI=1S/C23H19ClFN5O3S/c1-12-4-9-15(10-16(12)24)26-17(31)11-34-21-18-20(29(2)23(33)30(3)22(18)32)27-19(28-21)13-5-7-14(25)8-6-13/h4-10H,11H2,1-3H3,(H,26,31). The van der Waals surface area contributed by atoms with Crippen LogP contribution in [0.3, 0.4) is 0 Å². The Labute approximate surface area is 202 Å². The number of carbonyl (C=O) groups excluding carboxylic acids is 1. The lowest BCUT2D eigenvalue weighted by molar-refractivity contribution is -0.113. The minimum absolute atomic E-state index is 0.0630. The van der Waals surface area contributed by atoms with E-state index in [1.165, 1.54) is 42.9 Å². The molecule has 0 aliphatic rings. The highest BCUT2D eigenvalue weighted by Gasteiger charge is 2.19. The highest BCUT2D eigenvalue weighted by molar-refractivity contribution is 8.00. The third-order valence-electron chi connectivity index (χ3n) is 5.16. The second-order valence-corrected chi connectivity index (χ2v) is 8.94. The predicted molar refractivity (Wildman–Crippen MR) is 131 cm³/mol. The van der Waals surface area contributed by atoms with Crippen LogP contribution in [0.5, 0.6) is 0 Å². The van der Waals surface area contributed by atoms with Gasteiger partial charge in [-0.15, -0.1) is 0 Å². The molecule has 0 unspecified atom stereocenters. The maximum atomic E-state index is 13.4. The summed E-state index contributed by atoms with van der Waals surface area (Å²) in [7, 11) is 2.86. The van der Waals surface area contributed by atoms with E-state index >= 15 is 0 Å². The molecule has 8 nitrogen and oxygen atoms in total. The Morgan fingerprint density at radius 3 is 2.47 bits per heavy atom. The Bertz CT molecular complexity index is 1550. The normalized spacial score (nSPS) is 11.1. The van der Waals surface area contributed by atoms with Crippen molar-refractivity contribution in [3.63, 3.8) is 0 Å². The Morgan fingerprint density at radius 1 is 1.09 bits per heavy atom. The molecule has 0 fully saturated rings. The van der Waals surface area contributed by atoms with E-state index in [4.69, 9.17) is 11.6 Å². The van der Waals surface area contributed by atoms with Crippen molar-refractivity contribution in [3.05, 3.63) is 79.7 Å². The SMILES string of the molecule is Cc1ccc(NC(=O)CSc2nc(-c3ccc(F)cc3)nc3c2c(=O)n(C)c(=O)n3C)cc1Cl. The zero-order valence-corrected chi connectivity index (χ0v) is 20.0. The van der Waals surface area contributed by atoms with Crippen molar-refractivity contribution in [2.24, 2.45) is 14.1 Å². The number of nitrogens with zero attached hydrogens (tertiary/aromatic N) is 4. The quantitative estimate of drug-likeness (QED) is 0.333. The van der Waals surface area contributed by atoms with Gasteiger partial charge in [0.15, 0.2) is 11.5 Å². The summed E-state index contributed by atoms with van der Waals surface area (Å²) in [5, 5.41) is 3.64. The van der Waals surface area contributed by atoms with Gasteiger partial charge in [0.05, 0.1) is 5.75 Å². The average Bonchev–Trinajstić information content (AvgIpc) is 2.82. The number of carbonyl (C=O) groups is 1. The second kappa shape index (κ2) is 9.40. The van der Waals surface area contributed by atoms with E-state index in [9.17, 15) is 18.8 Å². The van der Waals surface area contributed by atoms with Gasteiger partial charge in [0.1, 0.15) is 16.2 Å². The molecule has 2 aromatic heterocycles. The Kier molecular flexibility index (Phi) is 6.54.